The number of esters is 1. The maximum atomic E-state index is 13.1. The van der Waals surface area contributed by atoms with Gasteiger partial charge in [-0.3, -0.25) is 9.36 Å². The lowest BCUT2D eigenvalue weighted by atomic mass is 10.2. The third kappa shape index (κ3) is 3.23. The van der Waals surface area contributed by atoms with Gasteiger partial charge in [0.1, 0.15) is 11.3 Å². The molecule has 0 aliphatic carbocycles. The molecule has 0 unspecified atom stereocenters. The van der Waals surface area contributed by atoms with Gasteiger partial charge in [-0.1, -0.05) is 0 Å². The van der Waals surface area contributed by atoms with E-state index in [1.807, 2.05) is 0 Å². The number of benzene rings is 2. The molecule has 0 spiro atoms. The molecule has 0 atom stereocenters. The number of nitrogens with zero attached hydrogens (tertiary/aromatic N) is 2. The van der Waals surface area contributed by atoms with Gasteiger partial charge in [-0.05, 0) is 50.2 Å². The fraction of sp³-hybridized carbons (Fsp3) is 0.250. The van der Waals surface area contributed by atoms with Gasteiger partial charge in [0.05, 0.1) is 37.5 Å². The van der Waals surface area contributed by atoms with Crippen LogP contribution in [-0.4, -0.2) is 36.3 Å². The van der Waals surface area contributed by atoms with Crippen LogP contribution in [0.3, 0.4) is 0 Å². The molecule has 1 heterocycles. The molecule has 2 aromatic carbocycles. The molecule has 0 N–H and O–H groups in total. The second-order valence-corrected chi connectivity index (χ2v) is 5.76. The van der Waals surface area contributed by atoms with E-state index in [0.29, 0.717) is 46.1 Å². The van der Waals surface area contributed by atoms with E-state index in [2.05, 4.69) is 4.98 Å². The van der Waals surface area contributed by atoms with Crippen molar-refractivity contribution < 1.29 is 19.0 Å². The summed E-state index contributed by atoms with van der Waals surface area (Å²) in [4.78, 5) is 29.4. The smallest absolute Gasteiger partial charge is 0.338 e. The molecule has 0 bridgehead atoms. The number of carbonyl (C=O) groups is 1. The van der Waals surface area contributed by atoms with E-state index in [1.54, 1.807) is 50.2 Å². The molecule has 0 saturated carbocycles. The first-order valence-electron chi connectivity index (χ1n) is 8.43. The highest BCUT2D eigenvalue weighted by atomic mass is 16.5. The van der Waals surface area contributed by atoms with Crippen molar-refractivity contribution in [1.82, 2.24) is 9.55 Å². The van der Waals surface area contributed by atoms with Crippen LogP contribution in [-0.2, 0) is 4.74 Å². The molecule has 0 amide bonds. The largest absolute Gasteiger partial charge is 0.493 e. The minimum absolute atomic E-state index is 0.234. The van der Waals surface area contributed by atoms with E-state index in [1.165, 1.54) is 18.8 Å². The van der Waals surface area contributed by atoms with Crippen molar-refractivity contribution in [3.8, 4) is 17.2 Å². The molecule has 0 radical (unpaired) electrons. The molecule has 0 fully saturated rings. The molecule has 27 heavy (non-hydrogen) atoms. The van der Waals surface area contributed by atoms with Crippen molar-refractivity contribution >= 4 is 16.9 Å². The molecular weight excluding hydrogens is 348 g/mol. The van der Waals surface area contributed by atoms with Gasteiger partial charge in [0, 0.05) is 0 Å². The molecule has 3 aromatic rings. The van der Waals surface area contributed by atoms with Crippen molar-refractivity contribution in [2.24, 2.45) is 0 Å². The van der Waals surface area contributed by atoms with E-state index in [4.69, 9.17) is 14.2 Å². The summed E-state index contributed by atoms with van der Waals surface area (Å²) in [5.74, 6) is 1.01. The van der Waals surface area contributed by atoms with Crippen LogP contribution in [0.5, 0.6) is 11.5 Å². The summed E-state index contributed by atoms with van der Waals surface area (Å²) < 4.78 is 17.1. The number of hydrogen-bond donors (Lipinski definition) is 0. The lowest BCUT2D eigenvalue weighted by Gasteiger charge is -2.14. The Morgan fingerprint density at radius 3 is 2.37 bits per heavy atom. The first-order chi connectivity index (χ1) is 13.0. The van der Waals surface area contributed by atoms with E-state index in [9.17, 15) is 9.59 Å². The fourth-order valence-electron chi connectivity index (χ4n) is 2.94. The van der Waals surface area contributed by atoms with Gasteiger partial charge in [-0.2, -0.15) is 0 Å². The minimum atomic E-state index is -0.401. The zero-order valence-corrected chi connectivity index (χ0v) is 15.6. The quantitative estimate of drug-likeness (QED) is 0.644. The zero-order chi connectivity index (χ0) is 19.6. The van der Waals surface area contributed by atoms with Crippen LogP contribution >= 0.6 is 0 Å². The van der Waals surface area contributed by atoms with Crippen LogP contribution in [0.4, 0.5) is 0 Å². The summed E-state index contributed by atoms with van der Waals surface area (Å²) in [6.07, 6.45) is 0. The Kier molecular flexibility index (Phi) is 5.12. The van der Waals surface area contributed by atoms with E-state index in [-0.39, 0.29) is 5.56 Å². The molecule has 7 heteroatoms. The molecule has 0 aliphatic heterocycles. The van der Waals surface area contributed by atoms with Crippen molar-refractivity contribution in [3.63, 3.8) is 0 Å². The third-order valence-electron chi connectivity index (χ3n) is 4.19. The van der Waals surface area contributed by atoms with Crippen LogP contribution in [0.1, 0.15) is 23.1 Å². The molecule has 140 valence electrons. The molecule has 3 rings (SSSR count). The van der Waals surface area contributed by atoms with Crippen LogP contribution in [0.25, 0.3) is 16.6 Å². The number of aryl methyl sites for hydroxylation is 1. The van der Waals surface area contributed by atoms with Gasteiger partial charge < -0.3 is 14.2 Å². The lowest BCUT2D eigenvalue weighted by Crippen LogP contribution is -2.22. The number of aromatic nitrogens is 2. The Bertz CT molecular complexity index is 1050. The average Bonchev–Trinajstić information content (AvgIpc) is 2.67. The number of ether oxygens (including phenoxy) is 3. The van der Waals surface area contributed by atoms with Gasteiger partial charge in [0.25, 0.3) is 5.56 Å². The average molecular weight is 368 g/mol. The molecular formula is C20H20N2O5. The van der Waals surface area contributed by atoms with E-state index >= 15 is 0 Å². The Balaban J connectivity index is 2.16. The zero-order valence-electron chi connectivity index (χ0n) is 15.6. The first-order valence-corrected chi connectivity index (χ1v) is 8.43. The fourth-order valence-corrected chi connectivity index (χ4v) is 2.94. The SMILES string of the molecule is CCOC(=O)c1ccc(-n2c(C)nc3c(OC)c(OC)ccc3c2=O)cc1. The van der Waals surface area contributed by atoms with E-state index < -0.39 is 5.97 Å². The van der Waals surface area contributed by atoms with Crippen molar-refractivity contribution in [2.75, 3.05) is 20.8 Å². The summed E-state index contributed by atoms with van der Waals surface area (Å²) in [5, 5.41) is 0.410. The predicted octanol–water partition coefficient (Wildman–Crippen LogP) is 2.89. The lowest BCUT2D eigenvalue weighted by molar-refractivity contribution is 0.0526. The second kappa shape index (κ2) is 7.49. The molecule has 7 nitrogen and oxygen atoms in total. The van der Waals surface area contributed by atoms with Crippen molar-refractivity contribution in [1.29, 1.82) is 0 Å². The second-order valence-electron chi connectivity index (χ2n) is 5.76. The molecule has 0 saturated heterocycles. The highest BCUT2D eigenvalue weighted by molar-refractivity contribution is 5.90. The Morgan fingerprint density at radius 2 is 1.78 bits per heavy atom. The van der Waals surface area contributed by atoms with Gasteiger partial charge in [-0.15, -0.1) is 0 Å². The predicted molar refractivity (Wildman–Crippen MR) is 101 cm³/mol. The Hall–Kier alpha value is -3.35. The molecule has 1 aromatic heterocycles. The van der Waals surface area contributed by atoms with Gasteiger partial charge in [-0.25, -0.2) is 9.78 Å². The summed E-state index contributed by atoms with van der Waals surface area (Å²) in [7, 11) is 3.04. The van der Waals surface area contributed by atoms with Crippen molar-refractivity contribution in [3.05, 3.63) is 58.1 Å². The monoisotopic (exact) mass is 368 g/mol. The standard InChI is InChI=1S/C20H20N2O5/c1-5-27-20(24)13-6-8-14(9-7-13)22-12(2)21-17-15(19(22)23)10-11-16(25-3)18(17)26-4/h6-11H,5H2,1-4H3. The van der Waals surface area contributed by atoms with Crippen LogP contribution in [0.2, 0.25) is 0 Å². The highest BCUT2D eigenvalue weighted by Gasteiger charge is 2.17. The molecule has 0 aliphatic rings. The number of methoxy groups -OCH3 is 2. The normalized spacial score (nSPS) is 10.7. The van der Waals surface area contributed by atoms with Gasteiger partial charge in [0.2, 0.25) is 0 Å². The Labute approximate surface area is 156 Å². The number of hydrogen-bond acceptors (Lipinski definition) is 6. The maximum absolute atomic E-state index is 13.1. The van der Waals surface area contributed by atoms with E-state index in [0.717, 1.165) is 0 Å². The van der Waals surface area contributed by atoms with Crippen LogP contribution in [0.15, 0.2) is 41.2 Å². The topological polar surface area (TPSA) is 79.7 Å². The van der Waals surface area contributed by atoms with Crippen LogP contribution < -0.4 is 15.0 Å². The Morgan fingerprint density at radius 1 is 1.07 bits per heavy atom. The number of carbonyl (C=O) groups excluding carboxylic acids is 1. The van der Waals surface area contributed by atoms with Crippen molar-refractivity contribution in [2.45, 2.75) is 13.8 Å². The number of rotatable bonds is 5. The van der Waals surface area contributed by atoms with Crippen LogP contribution in [0, 0.1) is 6.92 Å². The highest BCUT2D eigenvalue weighted by Crippen LogP contribution is 2.33. The first kappa shape index (κ1) is 18.4. The number of fused-ring (bicyclic) bond motifs is 1. The maximum Gasteiger partial charge on any atom is 0.338 e. The van der Waals surface area contributed by atoms with Gasteiger partial charge >= 0.3 is 5.97 Å². The summed E-state index contributed by atoms with van der Waals surface area (Å²) in [6.45, 7) is 3.79. The third-order valence-corrected chi connectivity index (χ3v) is 4.19. The summed E-state index contributed by atoms with van der Waals surface area (Å²) in [6, 6.07) is 9.96. The van der Waals surface area contributed by atoms with Gasteiger partial charge in [0.15, 0.2) is 11.5 Å². The minimum Gasteiger partial charge on any atom is -0.493 e. The summed E-state index contributed by atoms with van der Waals surface area (Å²) >= 11 is 0. The summed E-state index contributed by atoms with van der Waals surface area (Å²) in [5.41, 5.74) is 1.24.